The van der Waals surface area contributed by atoms with Gasteiger partial charge < -0.3 is 14.8 Å². The van der Waals surface area contributed by atoms with Crippen molar-refractivity contribution < 1.29 is 27.4 Å². The maximum atomic E-state index is 13.5. The molecule has 1 aliphatic carbocycles. The van der Waals surface area contributed by atoms with E-state index in [0.717, 1.165) is 18.9 Å². The van der Waals surface area contributed by atoms with E-state index in [9.17, 15) is 18.0 Å². The zero-order valence-corrected chi connectivity index (χ0v) is 14.7. The third-order valence-electron chi connectivity index (χ3n) is 4.87. The van der Waals surface area contributed by atoms with E-state index < -0.39 is 23.4 Å². The molecule has 1 amide bonds. The number of ether oxygens (including phenoxy) is 2. The largest absolute Gasteiger partial charge is 0.418 e. The van der Waals surface area contributed by atoms with Gasteiger partial charge in [0.25, 0.3) is 5.91 Å². The molecule has 0 radical (unpaired) electrons. The zero-order chi connectivity index (χ0) is 19.2. The lowest BCUT2D eigenvalue weighted by Crippen LogP contribution is -2.41. The van der Waals surface area contributed by atoms with Crippen LogP contribution in [0.3, 0.4) is 0 Å². The molecule has 1 aromatic carbocycles. The second-order valence-electron chi connectivity index (χ2n) is 7.12. The van der Waals surface area contributed by atoms with Crippen molar-refractivity contribution in [3.8, 4) is 0 Å². The van der Waals surface area contributed by atoms with Crippen molar-refractivity contribution in [1.82, 2.24) is 10.3 Å². The second-order valence-corrected chi connectivity index (χ2v) is 7.12. The van der Waals surface area contributed by atoms with E-state index in [0.29, 0.717) is 24.2 Å². The number of fused-ring (bicyclic) bond motifs is 1. The number of pyridine rings is 1. The zero-order valence-electron chi connectivity index (χ0n) is 14.7. The molecule has 2 aromatic rings. The number of alkyl halides is 3. The van der Waals surface area contributed by atoms with Crippen LogP contribution in [0.15, 0.2) is 24.3 Å². The van der Waals surface area contributed by atoms with Crippen molar-refractivity contribution >= 4 is 16.8 Å². The van der Waals surface area contributed by atoms with Gasteiger partial charge in [0.1, 0.15) is 5.69 Å². The Morgan fingerprint density at radius 1 is 1.26 bits per heavy atom. The average Bonchev–Trinajstić information content (AvgIpc) is 3.39. The fourth-order valence-electron chi connectivity index (χ4n) is 3.24. The van der Waals surface area contributed by atoms with E-state index in [1.807, 2.05) is 0 Å². The van der Waals surface area contributed by atoms with E-state index in [1.165, 1.54) is 12.1 Å². The highest BCUT2D eigenvalue weighted by Crippen LogP contribution is 2.44. The molecule has 2 aliphatic rings. The number of amides is 1. The molecule has 0 atom stereocenters. The Morgan fingerprint density at radius 3 is 2.59 bits per heavy atom. The molecule has 0 spiro atoms. The summed E-state index contributed by atoms with van der Waals surface area (Å²) in [5, 5.41) is 3.00. The lowest BCUT2D eigenvalue weighted by atomic mass is 10.0. The van der Waals surface area contributed by atoms with Crippen LogP contribution in [0.1, 0.15) is 47.3 Å². The van der Waals surface area contributed by atoms with Crippen molar-refractivity contribution in [3.05, 3.63) is 41.1 Å². The number of rotatable bonds is 4. The first kappa shape index (κ1) is 18.2. The fourth-order valence-corrected chi connectivity index (χ4v) is 3.24. The lowest BCUT2D eigenvalue weighted by Gasteiger charge is -2.22. The predicted molar refractivity (Wildman–Crippen MR) is 91.4 cm³/mol. The van der Waals surface area contributed by atoms with Crippen molar-refractivity contribution in [2.24, 2.45) is 0 Å². The summed E-state index contributed by atoms with van der Waals surface area (Å²) >= 11 is 0. The fraction of sp³-hybridized carbons (Fsp3) is 0.474. The van der Waals surface area contributed by atoms with Crippen LogP contribution in [0, 0.1) is 0 Å². The van der Waals surface area contributed by atoms with Crippen LogP contribution in [0.25, 0.3) is 10.9 Å². The Hall–Kier alpha value is -2.19. The van der Waals surface area contributed by atoms with Crippen molar-refractivity contribution in [2.75, 3.05) is 19.8 Å². The van der Waals surface area contributed by atoms with Crippen LogP contribution < -0.4 is 5.32 Å². The van der Waals surface area contributed by atoms with Gasteiger partial charge in [-0.2, -0.15) is 13.2 Å². The molecule has 2 fully saturated rings. The van der Waals surface area contributed by atoms with E-state index in [-0.39, 0.29) is 23.7 Å². The molecule has 1 aromatic heterocycles. The van der Waals surface area contributed by atoms with E-state index >= 15 is 0 Å². The average molecular weight is 380 g/mol. The Balaban J connectivity index is 1.64. The van der Waals surface area contributed by atoms with Gasteiger partial charge in [-0.05, 0) is 49.4 Å². The predicted octanol–water partition coefficient (Wildman–Crippen LogP) is 3.62. The van der Waals surface area contributed by atoms with Crippen LogP contribution in [0.4, 0.5) is 13.2 Å². The molecule has 1 aliphatic heterocycles. The summed E-state index contributed by atoms with van der Waals surface area (Å²) < 4.78 is 51.4. The SMILES string of the molecule is CC1(CNC(=O)c2ccc3cc(C4CC4)cc(C(F)(F)F)c3n2)OCCO1. The van der Waals surface area contributed by atoms with Gasteiger partial charge in [-0.15, -0.1) is 0 Å². The number of hydrogen-bond acceptors (Lipinski definition) is 4. The van der Waals surface area contributed by atoms with Gasteiger partial charge in [0.2, 0.25) is 0 Å². The number of aromatic nitrogens is 1. The first-order valence-corrected chi connectivity index (χ1v) is 8.83. The third-order valence-corrected chi connectivity index (χ3v) is 4.87. The quantitative estimate of drug-likeness (QED) is 0.880. The van der Waals surface area contributed by atoms with E-state index in [1.54, 1.807) is 13.0 Å². The number of nitrogens with one attached hydrogen (secondary N) is 1. The Kier molecular flexibility index (Phi) is 4.35. The highest BCUT2D eigenvalue weighted by molar-refractivity contribution is 5.95. The van der Waals surface area contributed by atoms with E-state index in [2.05, 4.69) is 10.3 Å². The summed E-state index contributed by atoms with van der Waals surface area (Å²) in [6, 6.07) is 5.85. The number of benzene rings is 1. The van der Waals surface area contributed by atoms with Gasteiger partial charge in [-0.3, -0.25) is 4.79 Å². The first-order valence-electron chi connectivity index (χ1n) is 8.83. The second kappa shape index (κ2) is 6.45. The monoisotopic (exact) mass is 380 g/mol. The molecule has 5 nitrogen and oxygen atoms in total. The van der Waals surface area contributed by atoms with Crippen molar-refractivity contribution in [3.63, 3.8) is 0 Å². The maximum Gasteiger partial charge on any atom is 0.418 e. The minimum Gasteiger partial charge on any atom is -0.346 e. The number of hydrogen-bond donors (Lipinski definition) is 1. The molecule has 8 heteroatoms. The summed E-state index contributed by atoms with van der Waals surface area (Å²) in [7, 11) is 0. The van der Waals surface area contributed by atoms with Gasteiger partial charge in [0.05, 0.1) is 30.8 Å². The van der Waals surface area contributed by atoms with Crippen LogP contribution in [-0.4, -0.2) is 36.4 Å². The summed E-state index contributed by atoms with van der Waals surface area (Å²) in [5.41, 5.74) is -0.406. The highest BCUT2D eigenvalue weighted by Gasteiger charge is 2.36. The highest BCUT2D eigenvalue weighted by atomic mass is 19.4. The van der Waals surface area contributed by atoms with Gasteiger partial charge in [0.15, 0.2) is 5.79 Å². The number of halogens is 3. The van der Waals surface area contributed by atoms with Gasteiger partial charge in [-0.1, -0.05) is 6.07 Å². The number of carbonyl (C=O) groups excluding carboxylic acids is 1. The molecule has 1 saturated carbocycles. The summed E-state index contributed by atoms with van der Waals surface area (Å²) in [5.74, 6) is -1.31. The van der Waals surface area contributed by atoms with E-state index in [4.69, 9.17) is 9.47 Å². The smallest absolute Gasteiger partial charge is 0.346 e. The molecule has 27 heavy (non-hydrogen) atoms. The topological polar surface area (TPSA) is 60.5 Å². The first-order chi connectivity index (χ1) is 12.8. The van der Waals surface area contributed by atoms with Gasteiger partial charge in [-0.25, -0.2) is 4.98 Å². The van der Waals surface area contributed by atoms with Gasteiger partial charge in [0, 0.05) is 5.39 Å². The third kappa shape index (κ3) is 3.77. The molecular formula is C19H19F3N2O3. The standard InChI is InChI=1S/C19H19F3N2O3/c1-18(26-6-7-27-18)10-23-17(25)15-5-4-12-8-13(11-2-3-11)9-14(16(12)24-15)19(20,21)22/h4-5,8-9,11H,2-3,6-7,10H2,1H3,(H,23,25). The molecule has 1 saturated heterocycles. The maximum absolute atomic E-state index is 13.5. The summed E-state index contributed by atoms with van der Waals surface area (Å²) in [6.45, 7) is 2.63. The Labute approximate surface area is 153 Å². The molecule has 0 unspecified atom stereocenters. The van der Waals surface area contributed by atoms with Crippen molar-refractivity contribution in [1.29, 1.82) is 0 Å². The van der Waals surface area contributed by atoms with Crippen LogP contribution in [0.2, 0.25) is 0 Å². The molecule has 1 N–H and O–H groups in total. The van der Waals surface area contributed by atoms with Crippen LogP contribution in [-0.2, 0) is 15.7 Å². The summed E-state index contributed by atoms with van der Waals surface area (Å²) in [6.07, 6.45) is -2.73. The minimum atomic E-state index is -4.54. The Morgan fingerprint density at radius 2 is 1.96 bits per heavy atom. The van der Waals surface area contributed by atoms with Crippen molar-refractivity contribution in [2.45, 2.75) is 37.6 Å². The summed E-state index contributed by atoms with van der Waals surface area (Å²) in [4.78, 5) is 16.4. The van der Waals surface area contributed by atoms with Crippen LogP contribution >= 0.6 is 0 Å². The molecule has 144 valence electrons. The number of nitrogens with zero attached hydrogens (tertiary/aromatic N) is 1. The normalized spacial score (nSPS) is 19.4. The minimum absolute atomic E-state index is 0.0752. The van der Waals surface area contributed by atoms with Gasteiger partial charge >= 0.3 is 6.18 Å². The molecule has 0 bridgehead atoms. The molecule has 2 heterocycles. The number of carbonyl (C=O) groups is 1. The Bertz CT molecular complexity index is 888. The molecule has 4 rings (SSSR count). The van der Waals surface area contributed by atoms with Crippen LogP contribution in [0.5, 0.6) is 0 Å². The molecular weight excluding hydrogens is 361 g/mol. The lowest BCUT2D eigenvalue weighted by molar-refractivity contribution is -0.136.